The Bertz CT molecular complexity index is 1450. The molecule has 2 aromatic heterocycles. The highest BCUT2D eigenvalue weighted by atomic mass is 35.5. The van der Waals surface area contributed by atoms with Crippen molar-refractivity contribution in [2.45, 2.75) is 38.9 Å². The number of nitrogens with one attached hydrogen (secondary N) is 1. The lowest BCUT2D eigenvalue weighted by Gasteiger charge is -2.40. The topological polar surface area (TPSA) is 89.1 Å². The summed E-state index contributed by atoms with van der Waals surface area (Å²) in [6, 6.07) is 10.3. The maximum atomic E-state index is 13.9. The lowest BCUT2D eigenvalue weighted by Crippen LogP contribution is -2.51. The fraction of sp³-hybridized carbons (Fsp3) is 0.360. The minimum absolute atomic E-state index is 0.167. The molecular formula is C25H24ClF3N6O2. The molecule has 1 amide bonds. The van der Waals surface area contributed by atoms with Crippen molar-refractivity contribution in [2.75, 3.05) is 18.4 Å². The van der Waals surface area contributed by atoms with Gasteiger partial charge in [-0.15, -0.1) is 5.10 Å². The summed E-state index contributed by atoms with van der Waals surface area (Å²) in [6.45, 7) is 4.79. The average Bonchev–Trinajstić information content (AvgIpc) is 3.49. The van der Waals surface area contributed by atoms with E-state index in [0.29, 0.717) is 35.2 Å². The number of oxazole rings is 1. The maximum Gasteiger partial charge on any atom is 0.453 e. The molecule has 0 bridgehead atoms. The van der Waals surface area contributed by atoms with Crippen molar-refractivity contribution in [3.63, 3.8) is 0 Å². The van der Waals surface area contributed by atoms with Crippen LogP contribution in [0.25, 0.3) is 16.8 Å². The van der Waals surface area contributed by atoms with Gasteiger partial charge in [0.25, 0.3) is 17.7 Å². The van der Waals surface area contributed by atoms with Gasteiger partial charge in [0.05, 0.1) is 17.3 Å². The number of halogens is 4. The van der Waals surface area contributed by atoms with Crippen molar-refractivity contribution in [3.8, 4) is 5.69 Å². The summed E-state index contributed by atoms with van der Waals surface area (Å²) in [5.41, 5.74) is 2.50. The van der Waals surface area contributed by atoms with Crippen molar-refractivity contribution < 1.29 is 22.4 Å². The van der Waals surface area contributed by atoms with Crippen LogP contribution < -0.4 is 5.32 Å². The van der Waals surface area contributed by atoms with Gasteiger partial charge in [-0.1, -0.05) is 30.2 Å². The van der Waals surface area contributed by atoms with Crippen LogP contribution in [0, 0.1) is 12.8 Å². The van der Waals surface area contributed by atoms with Gasteiger partial charge in [-0.3, -0.25) is 4.79 Å². The molecule has 1 unspecified atom stereocenters. The number of nitrogens with zero attached hydrogens (tertiary/aromatic N) is 5. The summed E-state index contributed by atoms with van der Waals surface area (Å²) in [7, 11) is 0. The second-order valence-corrected chi connectivity index (χ2v) is 9.66. The molecule has 1 aliphatic rings. The van der Waals surface area contributed by atoms with E-state index in [4.69, 9.17) is 16.0 Å². The number of hydrogen-bond donors (Lipinski definition) is 1. The van der Waals surface area contributed by atoms with Crippen LogP contribution in [0.5, 0.6) is 0 Å². The number of aryl methyl sites for hydroxylation is 1. The normalized spacial score (nSPS) is 18.4. The molecule has 5 rings (SSSR count). The largest absolute Gasteiger partial charge is 0.453 e. The van der Waals surface area contributed by atoms with Crippen LogP contribution in [-0.2, 0) is 6.18 Å². The molecule has 1 N–H and O–H groups in total. The van der Waals surface area contributed by atoms with Gasteiger partial charge in [-0.25, -0.2) is 9.67 Å². The zero-order valence-corrected chi connectivity index (χ0v) is 20.8. The van der Waals surface area contributed by atoms with E-state index < -0.39 is 12.0 Å². The number of likely N-dealkylation sites (tertiary alicyclic amines) is 1. The standard InChI is InChI=1S/C25H24ClF3N6O2/c1-14-5-7-19(35-13-31-23(33-35)25(27,28)29)17(10-14)22(36)34-9-3-4-15(2)20(34)12-30-24-32-18-11-16(26)6-8-21(18)37-24/h5-8,10-11,13,15,20H,3-4,9,12H2,1-2H3,(H,30,32)/t15?,20-/m1/s1. The van der Waals surface area contributed by atoms with E-state index in [1.807, 2.05) is 6.92 Å². The molecule has 8 nitrogen and oxygen atoms in total. The zero-order chi connectivity index (χ0) is 26.3. The number of rotatable bonds is 5. The molecule has 0 saturated carbocycles. The number of alkyl halides is 3. The summed E-state index contributed by atoms with van der Waals surface area (Å²) >= 11 is 6.04. The Morgan fingerprint density at radius 1 is 1.24 bits per heavy atom. The zero-order valence-electron chi connectivity index (χ0n) is 20.1. The Hall–Kier alpha value is -3.60. The van der Waals surface area contributed by atoms with Gasteiger partial charge >= 0.3 is 6.18 Å². The van der Waals surface area contributed by atoms with Crippen LogP contribution >= 0.6 is 11.6 Å². The molecular weight excluding hydrogens is 509 g/mol. The Labute approximate surface area is 215 Å². The van der Waals surface area contributed by atoms with Crippen molar-refractivity contribution in [1.29, 1.82) is 0 Å². The van der Waals surface area contributed by atoms with E-state index in [1.54, 1.807) is 41.3 Å². The monoisotopic (exact) mass is 532 g/mol. The van der Waals surface area contributed by atoms with E-state index in [0.717, 1.165) is 29.4 Å². The molecule has 0 radical (unpaired) electrons. The third-order valence-corrected chi connectivity index (χ3v) is 6.80. The van der Waals surface area contributed by atoms with Gasteiger partial charge < -0.3 is 14.6 Å². The Balaban J connectivity index is 1.42. The predicted molar refractivity (Wildman–Crippen MR) is 132 cm³/mol. The fourth-order valence-corrected chi connectivity index (χ4v) is 4.83. The maximum absolute atomic E-state index is 13.9. The lowest BCUT2D eigenvalue weighted by molar-refractivity contribution is -0.144. The lowest BCUT2D eigenvalue weighted by atomic mass is 9.90. The predicted octanol–water partition coefficient (Wildman–Crippen LogP) is 5.74. The van der Waals surface area contributed by atoms with Gasteiger partial charge in [0.2, 0.25) is 0 Å². The molecule has 194 valence electrons. The summed E-state index contributed by atoms with van der Waals surface area (Å²) < 4.78 is 46.1. The first-order valence-corrected chi connectivity index (χ1v) is 12.2. The third kappa shape index (κ3) is 5.13. The first-order chi connectivity index (χ1) is 17.6. The highest BCUT2D eigenvalue weighted by Crippen LogP contribution is 2.30. The first-order valence-electron chi connectivity index (χ1n) is 11.8. The summed E-state index contributed by atoms with van der Waals surface area (Å²) in [4.78, 5) is 23.4. The van der Waals surface area contributed by atoms with Gasteiger partial charge in [-0.05, 0) is 56.0 Å². The van der Waals surface area contributed by atoms with E-state index in [-0.39, 0.29) is 29.1 Å². The minimum Gasteiger partial charge on any atom is -0.424 e. The number of benzene rings is 2. The second kappa shape index (κ2) is 9.70. The van der Waals surface area contributed by atoms with E-state index in [9.17, 15) is 18.0 Å². The number of amides is 1. The molecule has 4 aromatic rings. The molecule has 12 heteroatoms. The Morgan fingerprint density at radius 3 is 2.81 bits per heavy atom. The van der Waals surface area contributed by atoms with Crippen LogP contribution in [0.4, 0.5) is 19.2 Å². The number of piperidine rings is 1. The average molecular weight is 533 g/mol. The molecule has 1 saturated heterocycles. The van der Waals surface area contributed by atoms with Gasteiger partial charge in [0, 0.05) is 18.1 Å². The van der Waals surface area contributed by atoms with Crippen molar-refractivity contribution in [3.05, 3.63) is 64.7 Å². The molecule has 1 fully saturated rings. The number of hydrogen-bond acceptors (Lipinski definition) is 6. The van der Waals surface area contributed by atoms with Crippen molar-refractivity contribution in [1.82, 2.24) is 24.6 Å². The summed E-state index contributed by atoms with van der Waals surface area (Å²) in [6.07, 6.45) is -1.97. The van der Waals surface area contributed by atoms with Crippen LogP contribution in [0.1, 0.15) is 41.5 Å². The summed E-state index contributed by atoms with van der Waals surface area (Å²) in [5, 5.41) is 7.32. The fourth-order valence-electron chi connectivity index (χ4n) is 4.67. The van der Waals surface area contributed by atoms with Crippen LogP contribution in [0.3, 0.4) is 0 Å². The van der Waals surface area contributed by atoms with E-state index in [2.05, 4.69) is 27.3 Å². The van der Waals surface area contributed by atoms with Crippen molar-refractivity contribution >= 4 is 34.6 Å². The van der Waals surface area contributed by atoms with E-state index >= 15 is 0 Å². The SMILES string of the molecule is Cc1ccc(-n2cnc(C(F)(F)F)n2)c(C(=O)N2CCCC(C)[C@H]2CNc2nc3cc(Cl)ccc3o2)c1. The third-order valence-electron chi connectivity index (χ3n) is 6.56. The Kier molecular flexibility index (Phi) is 6.57. The first kappa shape index (κ1) is 25.1. The van der Waals surface area contributed by atoms with Gasteiger partial charge in [0.1, 0.15) is 11.8 Å². The number of carbonyl (C=O) groups is 1. The van der Waals surface area contributed by atoms with Crippen LogP contribution in [0.15, 0.2) is 47.1 Å². The number of anilines is 1. The molecule has 2 aromatic carbocycles. The molecule has 0 aliphatic carbocycles. The number of aromatic nitrogens is 4. The molecule has 1 aliphatic heterocycles. The highest BCUT2D eigenvalue weighted by molar-refractivity contribution is 6.31. The van der Waals surface area contributed by atoms with Crippen molar-refractivity contribution in [2.24, 2.45) is 5.92 Å². The number of fused-ring (bicyclic) bond motifs is 1. The molecule has 37 heavy (non-hydrogen) atoms. The second-order valence-electron chi connectivity index (χ2n) is 9.23. The molecule has 2 atom stereocenters. The van der Waals surface area contributed by atoms with Crippen LogP contribution in [0.2, 0.25) is 5.02 Å². The molecule has 3 heterocycles. The highest BCUT2D eigenvalue weighted by Gasteiger charge is 2.37. The van der Waals surface area contributed by atoms with Gasteiger partial charge in [-0.2, -0.15) is 18.2 Å². The molecule has 0 spiro atoms. The van der Waals surface area contributed by atoms with Gasteiger partial charge in [0.15, 0.2) is 5.58 Å². The number of carbonyl (C=O) groups excluding carboxylic acids is 1. The smallest absolute Gasteiger partial charge is 0.424 e. The van der Waals surface area contributed by atoms with E-state index in [1.165, 1.54) is 0 Å². The van der Waals surface area contributed by atoms with Crippen LogP contribution in [-0.4, -0.2) is 49.7 Å². The minimum atomic E-state index is -4.69. The Morgan fingerprint density at radius 2 is 2.05 bits per heavy atom. The summed E-state index contributed by atoms with van der Waals surface area (Å²) in [5.74, 6) is -1.38. The quantitative estimate of drug-likeness (QED) is 0.352.